The summed E-state index contributed by atoms with van der Waals surface area (Å²) >= 11 is 1.96. The first-order chi connectivity index (χ1) is 10.3. The molecule has 1 heteroatoms. The van der Waals surface area contributed by atoms with Gasteiger partial charge in [-0.2, -0.15) is 0 Å². The predicted molar refractivity (Wildman–Crippen MR) is 96.0 cm³/mol. The standard InChI is InChI=1S/C20H18S/c1-3-5-12-18(17-11-9-10-16(4-2)15-17)19-20(21-19)13-7-6-8-14-20/h3-13,15H,1-2,14H2/b12-5-,19-18+. The molecule has 1 aliphatic heterocycles. The maximum atomic E-state index is 3.86. The second kappa shape index (κ2) is 5.79. The Morgan fingerprint density at radius 2 is 2.14 bits per heavy atom. The molecule has 1 heterocycles. The van der Waals surface area contributed by atoms with Crippen molar-refractivity contribution in [3.63, 3.8) is 0 Å². The van der Waals surface area contributed by atoms with Crippen molar-refractivity contribution in [1.29, 1.82) is 0 Å². The van der Waals surface area contributed by atoms with Gasteiger partial charge in [0.25, 0.3) is 0 Å². The van der Waals surface area contributed by atoms with Gasteiger partial charge in [0, 0.05) is 4.91 Å². The minimum atomic E-state index is 0.180. The van der Waals surface area contributed by atoms with E-state index in [1.165, 1.54) is 16.0 Å². The van der Waals surface area contributed by atoms with Crippen molar-refractivity contribution in [2.24, 2.45) is 0 Å². The highest BCUT2D eigenvalue weighted by Crippen LogP contribution is 2.65. The summed E-state index contributed by atoms with van der Waals surface area (Å²) in [5.74, 6) is 0. The van der Waals surface area contributed by atoms with Crippen LogP contribution in [0.15, 0.2) is 84.9 Å². The van der Waals surface area contributed by atoms with Crippen molar-refractivity contribution in [3.8, 4) is 0 Å². The first-order valence-corrected chi connectivity index (χ1v) is 7.91. The lowest BCUT2D eigenvalue weighted by atomic mass is 9.94. The summed E-state index contributed by atoms with van der Waals surface area (Å²) in [6, 6.07) is 8.52. The zero-order chi connectivity index (χ0) is 14.7. The normalized spacial score (nSPS) is 25.3. The van der Waals surface area contributed by atoms with Crippen LogP contribution in [0.5, 0.6) is 0 Å². The first kappa shape index (κ1) is 14.0. The molecular weight excluding hydrogens is 272 g/mol. The van der Waals surface area contributed by atoms with Gasteiger partial charge < -0.3 is 0 Å². The summed E-state index contributed by atoms with van der Waals surface area (Å²) < 4.78 is 0.180. The molecular formula is C20H18S. The van der Waals surface area contributed by atoms with Crippen LogP contribution in [0.4, 0.5) is 0 Å². The molecule has 1 unspecified atom stereocenters. The van der Waals surface area contributed by atoms with Crippen molar-refractivity contribution in [3.05, 3.63) is 96.0 Å². The molecule has 0 nitrogen and oxygen atoms in total. The van der Waals surface area contributed by atoms with Gasteiger partial charge in [0.15, 0.2) is 0 Å². The van der Waals surface area contributed by atoms with Crippen molar-refractivity contribution in [1.82, 2.24) is 0 Å². The van der Waals surface area contributed by atoms with Crippen LogP contribution in [0.1, 0.15) is 17.5 Å². The van der Waals surface area contributed by atoms with Crippen LogP contribution in [0, 0.1) is 0 Å². The second-order valence-corrected chi connectivity index (χ2v) is 6.49. The number of thioether (sulfide) groups is 1. The Bertz CT molecular complexity index is 700. The van der Waals surface area contributed by atoms with Crippen molar-refractivity contribution in [2.75, 3.05) is 0 Å². The maximum absolute atomic E-state index is 3.86. The van der Waals surface area contributed by atoms with Crippen LogP contribution in [-0.4, -0.2) is 4.75 Å². The Morgan fingerprint density at radius 1 is 1.24 bits per heavy atom. The fourth-order valence-corrected chi connectivity index (χ4v) is 3.78. The Morgan fingerprint density at radius 3 is 2.86 bits per heavy atom. The molecule has 1 saturated heterocycles. The van der Waals surface area contributed by atoms with Crippen molar-refractivity contribution < 1.29 is 0 Å². The van der Waals surface area contributed by atoms with Gasteiger partial charge in [-0.1, -0.05) is 80.0 Å². The molecule has 0 amide bonds. The van der Waals surface area contributed by atoms with E-state index in [0.29, 0.717) is 0 Å². The smallest absolute Gasteiger partial charge is 0.0735 e. The number of rotatable bonds is 4. The van der Waals surface area contributed by atoms with Gasteiger partial charge in [0.2, 0.25) is 0 Å². The summed E-state index contributed by atoms with van der Waals surface area (Å²) in [4.78, 5) is 1.45. The summed E-state index contributed by atoms with van der Waals surface area (Å²) in [7, 11) is 0. The van der Waals surface area contributed by atoms with Gasteiger partial charge in [0.1, 0.15) is 0 Å². The van der Waals surface area contributed by atoms with Gasteiger partial charge in [-0.25, -0.2) is 0 Å². The number of benzene rings is 1. The Balaban J connectivity index is 2.05. The van der Waals surface area contributed by atoms with Crippen LogP contribution in [0.3, 0.4) is 0 Å². The lowest BCUT2D eigenvalue weighted by molar-refractivity contribution is 0.932. The molecule has 1 aromatic carbocycles. The molecule has 1 fully saturated rings. The summed E-state index contributed by atoms with van der Waals surface area (Å²) in [6.45, 7) is 7.65. The number of hydrogen-bond donors (Lipinski definition) is 0. The molecule has 21 heavy (non-hydrogen) atoms. The third-order valence-electron chi connectivity index (χ3n) is 3.74. The minimum Gasteiger partial charge on any atom is -0.111 e. The molecule has 0 bridgehead atoms. The maximum Gasteiger partial charge on any atom is 0.0735 e. The molecule has 0 aromatic heterocycles. The fraction of sp³-hybridized carbons (Fsp3) is 0.100. The third kappa shape index (κ3) is 2.74. The third-order valence-corrected chi connectivity index (χ3v) is 5.19. The molecule has 1 atom stereocenters. The molecule has 104 valence electrons. The number of hydrogen-bond acceptors (Lipinski definition) is 1. The van der Waals surface area contributed by atoms with Gasteiger partial charge in [-0.15, -0.1) is 11.8 Å². The van der Waals surface area contributed by atoms with E-state index in [0.717, 1.165) is 12.0 Å². The molecule has 1 aromatic rings. The number of allylic oxidation sites excluding steroid dienone is 7. The zero-order valence-corrected chi connectivity index (χ0v) is 12.8. The Kier molecular flexibility index (Phi) is 3.85. The summed E-state index contributed by atoms with van der Waals surface area (Å²) in [5.41, 5.74) is 3.69. The zero-order valence-electron chi connectivity index (χ0n) is 12.0. The molecule has 0 N–H and O–H groups in total. The second-order valence-electron chi connectivity index (χ2n) is 5.15. The largest absolute Gasteiger partial charge is 0.111 e. The molecule has 0 radical (unpaired) electrons. The summed E-state index contributed by atoms with van der Waals surface area (Å²) in [6.07, 6.45) is 17.8. The minimum absolute atomic E-state index is 0.180. The topological polar surface area (TPSA) is 0 Å². The lowest BCUT2D eigenvalue weighted by Gasteiger charge is -2.09. The average Bonchev–Trinajstić information content (AvgIpc) is 3.21. The van der Waals surface area contributed by atoms with E-state index < -0.39 is 0 Å². The van der Waals surface area contributed by atoms with Crippen molar-refractivity contribution in [2.45, 2.75) is 11.2 Å². The molecule has 0 saturated carbocycles. The van der Waals surface area contributed by atoms with E-state index in [4.69, 9.17) is 0 Å². The highest BCUT2D eigenvalue weighted by atomic mass is 32.2. The van der Waals surface area contributed by atoms with Gasteiger partial charge in [-0.3, -0.25) is 0 Å². The fourth-order valence-electron chi connectivity index (χ4n) is 2.58. The van der Waals surface area contributed by atoms with E-state index in [-0.39, 0.29) is 4.75 Å². The predicted octanol–water partition coefficient (Wildman–Crippen LogP) is 5.78. The first-order valence-electron chi connectivity index (χ1n) is 7.09. The van der Waals surface area contributed by atoms with Crippen LogP contribution in [0.25, 0.3) is 11.6 Å². The highest BCUT2D eigenvalue weighted by molar-refractivity contribution is 8.13. The van der Waals surface area contributed by atoms with E-state index >= 15 is 0 Å². The van der Waals surface area contributed by atoms with Gasteiger partial charge in [0.05, 0.1) is 4.75 Å². The van der Waals surface area contributed by atoms with E-state index in [1.54, 1.807) is 0 Å². The van der Waals surface area contributed by atoms with Crippen LogP contribution < -0.4 is 0 Å². The Hall–Kier alpha value is -1.99. The molecule has 1 aliphatic carbocycles. The molecule has 2 aliphatic rings. The SMILES string of the molecule is C=C/C=C\C(=C1/SC12C=CC=CC2)c1cccc(C=C)c1. The lowest BCUT2D eigenvalue weighted by Crippen LogP contribution is -2.04. The molecule has 1 spiro atoms. The van der Waals surface area contributed by atoms with Crippen LogP contribution in [-0.2, 0) is 0 Å². The van der Waals surface area contributed by atoms with E-state index in [2.05, 4.69) is 67.8 Å². The molecule has 3 rings (SSSR count). The van der Waals surface area contributed by atoms with Crippen LogP contribution >= 0.6 is 11.8 Å². The monoisotopic (exact) mass is 290 g/mol. The van der Waals surface area contributed by atoms with Gasteiger partial charge in [-0.05, 0) is 29.2 Å². The van der Waals surface area contributed by atoms with Crippen molar-refractivity contribution >= 4 is 23.4 Å². The quantitative estimate of drug-likeness (QED) is 0.500. The summed E-state index contributed by atoms with van der Waals surface area (Å²) in [5, 5.41) is 0. The average molecular weight is 290 g/mol. The van der Waals surface area contributed by atoms with E-state index in [9.17, 15) is 0 Å². The van der Waals surface area contributed by atoms with Crippen LogP contribution in [0.2, 0.25) is 0 Å². The van der Waals surface area contributed by atoms with Gasteiger partial charge >= 0.3 is 0 Å². The van der Waals surface area contributed by atoms with E-state index in [1.807, 2.05) is 30.0 Å². The Labute approximate surface area is 131 Å². The highest BCUT2D eigenvalue weighted by Gasteiger charge is 2.49.